The van der Waals surface area contributed by atoms with Gasteiger partial charge < -0.3 is 4.74 Å². The molecule has 3 unspecified atom stereocenters. The molecule has 1 rings (SSSR count). The van der Waals surface area contributed by atoms with Crippen LogP contribution in [0.25, 0.3) is 0 Å². The normalized spacial score (nSPS) is 39.5. The maximum atomic E-state index is 6.22. The van der Waals surface area contributed by atoms with Crippen LogP contribution in [0.2, 0.25) is 0 Å². The molecule has 1 aliphatic heterocycles. The third kappa shape index (κ3) is 2.63. The van der Waals surface area contributed by atoms with E-state index in [1.165, 1.54) is 0 Å². The van der Waals surface area contributed by atoms with Crippen molar-refractivity contribution in [3.8, 4) is 0 Å². The summed E-state index contributed by atoms with van der Waals surface area (Å²) < 4.78 is 5.65. The van der Waals surface area contributed by atoms with Gasteiger partial charge >= 0.3 is 0 Å². The van der Waals surface area contributed by atoms with Gasteiger partial charge in [0.05, 0.1) is 12.2 Å². The second kappa shape index (κ2) is 4.48. The quantitative estimate of drug-likeness (QED) is 0.608. The maximum Gasteiger partial charge on any atom is 0.0553 e. The lowest BCUT2D eigenvalue weighted by molar-refractivity contribution is -0.0527. The molecule has 0 aromatic carbocycles. The Morgan fingerprint density at radius 1 is 1.33 bits per heavy atom. The van der Waals surface area contributed by atoms with Crippen molar-refractivity contribution >= 4 is 11.6 Å². The SMILES string of the molecule is CCC(Cl)C1CC(C)OC(C)C1. The first-order chi connectivity index (χ1) is 5.63. The average Bonchev–Trinajstić information content (AvgIpc) is 2.01. The van der Waals surface area contributed by atoms with E-state index in [4.69, 9.17) is 16.3 Å². The first kappa shape index (κ1) is 10.3. The van der Waals surface area contributed by atoms with Crippen LogP contribution in [0.1, 0.15) is 40.0 Å². The molecule has 0 radical (unpaired) electrons. The van der Waals surface area contributed by atoms with Crippen molar-refractivity contribution in [3.05, 3.63) is 0 Å². The lowest BCUT2D eigenvalue weighted by Crippen LogP contribution is -2.33. The molecule has 0 saturated carbocycles. The summed E-state index contributed by atoms with van der Waals surface area (Å²) in [5.74, 6) is 0.662. The fourth-order valence-corrected chi connectivity index (χ4v) is 2.29. The summed E-state index contributed by atoms with van der Waals surface area (Å²) in [5.41, 5.74) is 0. The molecule has 0 N–H and O–H groups in total. The van der Waals surface area contributed by atoms with Crippen LogP contribution in [-0.4, -0.2) is 17.6 Å². The minimum Gasteiger partial charge on any atom is -0.376 e. The van der Waals surface area contributed by atoms with Crippen LogP contribution in [0, 0.1) is 5.92 Å². The highest BCUT2D eigenvalue weighted by molar-refractivity contribution is 6.20. The highest BCUT2D eigenvalue weighted by Crippen LogP contribution is 2.30. The third-order valence-electron chi connectivity index (χ3n) is 2.64. The van der Waals surface area contributed by atoms with Crippen molar-refractivity contribution in [2.75, 3.05) is 0 Å². The summed E-state index contributed by atoms with van der Waals surface area (Å²) in [5, 5.41) is 0.346. The topological polar surface area (TPSA) is 9.23 Å². The van der Waals surface area contributed by atoms with Gasteiger partial charge in [0.2, 0.25) is 0 Å². The number of hydrogen-bond donors (Lipinski definition) is 0. The molecule has 1 heterocycles. The maximum absolute atomic E-state index is 6.22. The molecule has 0 aliphatic carbocycles. The third-order valence-corrected chi connectivity index (χ3v) is 3.30. The largest absolute Gasteiger partial charge is 0.376 e. The van der Waals surface area contributed by atoms with E-state index in [-0.39, 0.29) is 0 Å². The van der Waals surface area contributed by atoms with E-state index >= 15 is 0 Å². The van der Waals surface area contributed by atoms with Gasteiger partial charge in [-0.1, -0.05) is 6.92 Å². The number of halogens is 1. The summed E-state index contributed by atoms with van der Waals surface area (Å²) in [4.78, 5) is 0. The van der Waals surface area contributed by atoms with Crippen molar-refractivity contribution < 1.29 is 4.74 Å². The van der Waals surface area contributed by atoms with Crippen molar-refractivity contribution in [1.82, 2.24) is 0 Å². The molecule has 12 heavy (non-hydrogen) atoms. The predicted octanol–water partition coefficient (Wildman–Crippen LogP) is 3.21. The van der Waals surface area contributed by atoms with Crippen LogP contribution in [0.15, 0.2) is 0 Å². The standard InChI is InChI=1S/C10H19ClO/c1-4-10(11)9-5-7(2)12-8(3)6-9/h7-10H,4-6H2,1-3H3. The zero-order valence-corrected chi connectivity index (χ0v) is 8.97. The molecule has 0 spiro atoms. The molecule has 3 atom stereocenters. The Hall–Kier alpha value is 0.250. The van der Waals surface area contributed by atoms with E-state index in [0.29, 0.717) is 23.5 Å². The van der Waals surface area contributed by atoms with Gasteiger partial charge in [-0.25, -0.2) is 0 Å². The minimum absolute atomic E-state index is 0.346. The number of alkyl halides is 1. The van der Waals surface area contributed by atoms with E-state index in [0.717, 1.165) is 19.3 Å². The lowest BCUT2D eigenvalue weighted by Gasteiger charge is -2.34. The molecular weight excluding hydrogens is 172 g/mol. The molecule has 0 bridgehead atoms. The summed E-state index contributed by atoms with van der Waals surface area (Å²) >= 11 is 6.22. The summed E-state index contributed by atoms with van der Waals surface area (Å²) in [7, 11) is 0. The second-order valence-corrected chi connectivity index (χ2v) is 4.47. The Bertz CT molecular complexity index is 128. The Morgan fingerprint density at radius 2 is 1.83 bits per heavy atom. The summed E-state index contributed by atoms with van der Waals surface area (Å²) in [6.45, 7) is 6.44. The van der Waals surface area contributed by atoms with Gasteiger partial charge in [0.25, 0.3) is 0 Å². The molecule has 0 aromatic heterocycles. The molecule has 1 aliphatic rings. The fraction of sp³-hybridized carbons (Fsp3) is 1.00. The fourth-order valence-electron chi connectivity index (χ4n) is 2.09. The lowest BCUT2D eigenvalue weighted by atomic mass is 9.88. The number of rotatable bonds is 2. The summed E-state index contributed by atoms with van der Waals surface area (Å²) in [6, 6.07) is 0. The Morgan fingerprint density at radius 3 is 2.25 bits per heavy atom. The molecule has 1 saturated heterocycles. The van der Waals surface area contributed by atoms with Gasteiger partial charge in [-0.05, 0) is 39.0 Å². The van der Waals surface area contributed by atoms with Crippen LogP contribution < -0.4 is 0 Å². The number of hydrogen-bond acceptors (Lipinski definition) is 1. The molecule has 72 valence electrons. The van der Waals surface area contributed by atoms with Crippen molar-refractivity contribution in [3.63, 3.8) is 0 Å². The van der Waals surface area contributed by atoms with Gasteiger partial charge in [-0.15, -0.1) is 11.6 Å². The van der Waals surface area contributed by atoms with Gasteiger partial charge in [-0.3, -0.25) is 0 Å². The Kier molecular flexibility index (Phi) is 3.85. The van der Waals surface area contributed by atoms with Crippen LogP contribution in [0.5, 0.6) is 0 Å². The zero-order valence-electron chi connectivity index (χ0n) is 8.22. The van der Waals surface area contributed by atoms with Gasteiger partial charge in [-0.2, -0.15) is 0 Å². The van der Waals surface area contributed by atoms with E-state index in [2.05, 4.69) is 20.8 Å². The zero-order chi connectivity index (χ0) is 9.14. The Labute approximate surface area is 80.4 Å². The van der Waals surface area contributed by atoms with Gasteiger partial charge in [0.15, 0.2) is 0 Å². The molecular formula is C10H19ClO. The van der Waals surface area contributed by atoms with Crippen LogP contribution in [0.4, 0.5) is 0 Å². The van der Waals surface area contributed by atoms with Crippen molar-refractivity contribution in [1.29, 1.82) is 0 Å². The van der Waals surface area contributed by atoms with E-state index in [1.807, 2.05) is 0 Å². The van der Waals surface area contributed by atoms with Crippen molar-refractivity contribution in [2.45, 2.75) is 57.6 Å². The van der Waals surface area contributed by atoms with Crippen molar-refractivity contribution in [2.24, 2.45) is 5.92 Å². The van der Waals surface area contributed by atoms with E-state index in [1.54, 1.807) is 0 Å². The molecule has 1 fully saturated rings. The Balaban J connectivity index is 2.43. The first-order valence-electron chi connectivity index (χ1n) is 4.93. The smallest absolute Gasteiger partial charge is 0.0553 e. The monoisotopic (exact) mass is 190 g/mol. The highest BCUT2D eigenvalue weighted by Gasteiger charge is 2.28. The minimum atomic E-state index is 0.346. The summed E-state index contributed by atoms with van der Waals surface area (Å²) in [6.07, 6.45) is 4.13. The van der Waals surface area contributed by atoms with Gasteiger partial charge in [0.1, 0.15) is 0 Å². The molecule has 2 heteroatoms. The first-order valence-corrected chi connectivity index (χ1v) is 5.36. The molecule has 0 amide bonds. The van der Waals surface area contributed by atoms with E-state index < -0.39 is 0 Å². The second-order valence-electron chi connectivity index (χ2n) is 3.91. The predicted molar refractivity (Wildman–Crippen MR) is 52.7 cm³/mol. The van der Waals surface area contributed by atoms with E-state index in [9.17, 15) is 0 Å². The van der Waals surface area contributed by atoms with Crippen LogP contribution >= 0.6 is 11.6 Å². The van der Waals surface area contributed by atoms with Crippen LogP contribution in [0.3, 0.4) is 0 Å². The number of ether oxygens (including phenoxy) is 1. The average molecular weight is 191 g/mol. The van der Waals surface area contributed by atoms with Crippen LogP contribution in [-0.2, 0) is 4.74 Å². The highest BCUT2D eigenvalue weighted by atomic mass is 35.5. The molecule has 0 aromatic rings. The molecule has 1 nitrogen and oxygen atoms in total. The van der Waals surface area contributed by atoms with Gasteiger partial charge in [0, 0.05) is 5.38 Å².